The van der Waals surface area contributed by atoms with Crippen molar-refractivity contribution in [2.45, 2.75) is 79.1 Å². The van der Waals surface area contributed by atoms with Crippen molar-refractivity contribution in [1.29, 1.82) is 0 Å². The summed E-state index contributed by atoms with van der Waals surface area (Å²) in [6.07, 6.45) is 3.47. The Labute approximate surface area is 145 Å². The predicted octanol–water partition coefficient (Wildman–Crippen LogP) is 7.13. The van der Waals surface area contributed by atoms with Crippen LogP contribution in [0.3, 0.4) is 0 Å². The molecule has 0 amide bonds. The first-order valence-corrected chi connectivity index (χ1v) is 11.7. The molecule has 1 rings (SSSR count). The molecule has 0 N–H and O–H groups in total. The highest BCUT2D eigenvalue weighted by Crippen LogP contribution is 2.38. The van der Waals surface area contributed by atoms with Crippen LogP contribution in [0.4, 0.5) is 0 Å². The molecule has 0 saturated heterocycles. The van der Waals surface area contributed by atoms with Gasteiger partial charge in [0.2, 0.25) is 0 Å². The molecule has 0 aliphatic rings. The Bertz CT molecular complexity index is 472. The second-order valence-corrected chi connectivity index (χ2v) is 12.5. The van der Waals surface area contributed by atoms with Crippen LogP contribution in [0, 0.1) is 5.41 Å². The Morgan fingerprint density at radius 2 is 1.57 bits per heavy atom. The van der Waals surface area contributed by atoms with Gasteiger partial charge in [-0.05, 0) is 48.0 Å². The number of hydrogen-bond acceptors (Lipinski definition) is 1. The van der Waals surface area contributed by atoms with Crippen molar-refractivity contribution in [3.63, 3.8) is 0 Å². The minimum Gasteiger partial charge on any atom is -0.406 e. The molecule has 0 saturated carbocycles. The molecule has 1 nitrogen and oxygen atoms in total. The molecule has 2 heteroatoms. The van der Waals surface area contributed by atoms with Gasteiger partial charge in [-0.3, -0.25) is 0 Å². The first-order valence-electron chi connectivity index (χ1n) is 9.18. The highest BCUT2D eigenvalue weighted by Gasteiger charge is 2.34. The van der Waals surface area contributed by atoms with E-state index < -0.39 is 8.32 Å². The molecule has 130 valence electrons. The predicted molar refractivity (Wildman–Crippen MR) is 105 cm³/mol. The van der Waals surface area contributed by atoms with Gasteiger partial charge in [-0.25, -0.2) is 0 Å². The summed E-state index contributed by atoms with van der Waals surface area (Å²) >= 11 is 0. The normalized spacial score (nSPS) is 14.8. The standard InChI is InChI=1S/C21H36OSi/c1-8-18(17-21(5,6)7)20(19-15-13-12-14-16-19)22-23(9-2,10-3)11-4/h8,12-16,20H,9-11,17H2,1-7H3/b18-8-/t20-/m1/s1. The Kier molecular flexibility index (Phi) is 7.76. The van der Waals surface area contributed by atoms with Crippen molar-refractivity contribution in [3.05, 3.63) is 47.5 Å². The fourth-order valence-corrected chi connectivity index (χ4v) is 5.98. The van der Waals surface area contributed by atoms with Crippen molar-refractivity contribution in [2.24, 2.45) is 5.41 Å². The van der Waals surface area contributed by atoms with Crippen LogP contribution in [0.15, 0.2) is 42.0 Å². The Morgan fingerprint density at radius 3 is 1.96 bits per heavy atom. The van der Waals surface area contributed by atoms with E-state index in [9.17, 15) is 0 Å². The molecular weight excluding hydrogens is 296 g/mol. The maximum Gasteiger partial charge on any atom is 0.193 e. The van der Waals surface area contributed by atoms with Crippen LogP contribution in [-0.2, 0) is 4.43 Å². The summed E-state index contributed by atoms with van der Waals surface area (Å²) in [6.45, 7) is 16.0. The number of hydrogen-bond donors (Lipinski definition) is 0. The lowest BCUT2D eigenvalue weighted by molar-refractivity contribution is 0.210. The van der Waals surface area contributed by atoms with Gasteiger partial charge in [-0.2, -0.15) is 0 Å². The van der Waals surface area contributed by atoms with Crippen molar-refractivity contribution in [3.8, 4) is 0 Å². The Hall–Kier alpha value is -0.863. The lowest BCUT2D eigenvalue weighted by Gasteiger charge is -2.36. The first-order chi connectivity index (χ1) is 10.8. The number of benzene rings is 1. The largest absolute Gasteiger partial charge is 0.406 e. The zero-order valence-corrected chi connectivity index (χ0v) is 17.3. The van der Waals surface area contributed by atoms with Crippen molar-refractivity contribution in [1.82, 2.24) is 0 Å². The molecule has 1 atom stereocenters. The van der Waals surface area contributed by atoms with E-state index in [1.807, 2.05) is 0 Å². The van der Waals surface area contributed by atoms with Crippen molar-refractivity contribution in [2.75, 3.05) is 0 Å². The van der Waals surface area contributed by atoms with Gasteiger partial charge in [0.1, 0.15) is 0 Å². The average Bonchev–Trinajstić information content (AvgIpc) is 2.55. The quantitative estimate of drug-likeness (QED) is 0.363. The van der Waals surface area contributed by atoms with Crippen LogP contribution in [0.2, 0.25) is 18.1 Å². The fraction of sp³-hybridized carbons (Fsp3) is 0.619. The Balaban J connectivity index is 3.22. The maximum absolute atomic E-state index is 6.94. The molecule has 23 heavy (non-hydrogen) atoms. The van der Waals surface area contributed by atoms with Gasteiger partial charge in [-0.15, -0.1) is 0 Å². The van der Waals surface area contributed by atoms with Gasteiger partial charge in [-0.1, -0.05) is 78.0 Å². The van der Waals surface area contributed by atoms with E-state index >= 15 is 0 Å². The van der Waals surface area contributed by atoms with Crippen molar-refractivity contribution >= 4 is 8.32 Å². The zero-order chi connectivity index (χ0) is 17.5. The first kappa shape index (κ1) is 20.2. The highest BCUT2D eigenvalue weighted by molar-refractivity contribution is 6.73. The van der Waals surface area contributed by atoms with Crippen LogP contribution < -0.4 is 0 Å². The summed E-state index contributed by atoms with van der Waals surface area (Å²) in [5.74, 6) is 0. The minimum atomic E-state index is -1.66. The second-order valence-electron chi connectivity index (χ2n) is 7.75. The van der Waals surface area contributed by atoms with Crippen LogP contribution in [-0.4, -0.2) is 8.32 Å². The van der Waals surface area contributed by atoms with E-state index in [2.05, 4.69) is 84.9 Å². The number of rotatable bonds is 8. The SMILES string of the molecule is C/C=C(/CC(C)(C)C)[C@@H](O[Si](CC)(CC)CC)c1ccccc1. The Morgan fingerprint density at radius 1 is 1.04 bits per heavy atom. The summed E-state index contributed by atoms with van der Waals surface area (Å²) in [4.78, 5) is 0. The third kappa shape index (κ3) is 5.93. The van der Waals surface area contributed by atoms with E-state index in [4.69, 9.17) is 4.43 Å². The molecule has 0 radical (unpaired) electrons. The summed E-state index contributed by atoms with van der Waals surface area (Å²) < 4.78 is 6.94. The van der Waals surface area contributed by atoms with E-state index in [0.29, 0.717) is 0 Å². The van der Waals surface area contributed by atoms with E-state index in [1.165, 1.54) is 29.3 Å². The molecule has 0 heterocycles. The van der Waals surface area contributed by atoms with Gasteiger partial charge >= 0.3 is 0 Å². The van der Waals surface area contributed by atoms with Crippen LogP contribution >= 0.6 is 0 Å². The summed E-state index contributed by atoms with van der Waals surface area (Å²) in [5, 5.41) is 0. The topological polar surface area (TPSA) is 9.23 Å². The van der Waals surface area contributed by atoms with Crippen LogP contribution in [0.25, 0.3) is 0 Å². The van der Waals surface area contributed by atoms with Gasteiger partial charge in [0.05, 0.1) is 6.10 Å². The summed E-state index contributed by atoms with van der Waals surface area (Å²) in [6, 6.07) is 14.4. The third-order valence-corrected chi connectivity index (χ3v) is 9.45. The molecule has 1 aromatic rings. The maximum atomic E-state index is 6.94. The average molecular weight is 333 g/mol. The smallest absolute Gasteiger partial charge is 0.193 e. The summed E-state index contributed by atoms with van der Waals surface area (Å²) in [5.41, 5.74) is 3.00. The third-order valence-electron chi connectivity index (χ3n) is 4.85. The van der Waals surface area contributed by atoms with Crippen molar-refractivity contribution < 1.29 is 4.43 Å². The van der Waals surface area contributed by atoms with Crippen LogP contribution in [0.1, 0.15) is 66.6 Å². The molecule has 0 spiro atoms. The molecule has 0 bridgehead atoms. The molecular formula is C21H36OSi. The zero-order valence-electron chi connectivity index (χ0n) is 16.3. The van der Waals surface area contributed by atoms with Gasteiger partial charge < -0.3 is 4.43 Å². The van der Waals surface area contributed by atoms with E-state index in [-0.39, 0.29) is 11.5 Å². The van der Waals surface area contributed by atoms with E-state index in [1.54, 1.807) is 0 Å². The number of allylic oxidation sites excluding steroid dienone is 1. The minimum absolute atomic E-state index is 0.118. The van der Waals surface area contributed by atoms with Gasteiger partial charge in [0.15, 0.2) is 8.32 Å². The van der Waals surface area contributed by atoms with E-state index in [0.717, 1.165) is 6.42 Å². The van der Waals surface area contributed by atoms with Crippen LogP contribution in [0.5, 0.6) is 0 Å². The molecule has 1 aromatic carbocycles. The lowest BCUT2D eigenvalue weighted by atomic mass is 9.84. The molecule has 0 aromatic heterocycles. The molecule has 0 unspecified atom stereocenters. The molecule has 0 fully saturated rings. The lowest BCUT2D eigenvalue weighted by Crippen LogP contribution is -2.38. The van der Waals surface area contributed by atoms with Gasteiger partial charge in [0, 0.05) is 0 Å². The summed E-state index contributed by atoms with van der Waals surface area (Å²) in [7, 11) is -1.66. The monoisotopic (exact) mass is 332 g/mol. The second kappa shape index (κ2) is 8.84. The highest BCUT2D eigenvalue weighted by atomic mass is 28.4. The van der Waals surface area contributed by atoms with Gasteiger partial charge in [0.25, 0.3) is 0 Å². The molecule has 0 aliphatic carbocycles. The molecule has 0 aliphatic heterocycles. The fourth-order valence-electron chi connectivity index (χ4n) is 3.19.